The summed E-state index contributed by atoms with van der Waals surface area (Å²) in [5, 5.41) is 0. The Morgan fingerprint density at radius 2 is 1.30 bits per heavy atom. The van der Waals surface area contributed by atoms with Crippen molar-refractivity contribution in [1.29, 1.82) is 0 Å². The minimum absolute atomic E-state index is 0.172. The molecule has 2 aromatic carbocycles. The lowest BCUT2D eigenvalue weighted by molar-refractivity contribution is -0.137. The molecule has 114 valence electrons. The van der Waals surface area contributed by atoms with Crippen LogP contribution in [0.25, 0.3) is 11.3 Å². The lowest BCUT2D eigenvalue weighted by atomic mass is 10.0. The molecule has 0 radical (unpaired) electrons. The molecule has 23 heavy (non-hydrogen) atoms. The van der Waals surface area contributed by atoms with E-state index in [1.807, 2.05) is 18.2 Å². The first kappa shape index (κ1) is 14.9. The maximum Gasteiger partial charge on any atom is 0.230 e. The lowest BCUT2D eigenvalue weighted by Gasteiger charge is -2.21. The molecule has 0 heterocycles. The van der Waals surface area contributed by atoms with E-state index in [9.17, 15) is 14.4 Å². The highest BCUT2D eigenvalue weighted by Gasteiger charge is 2.36. The van der Waals surface area contributed by atoms with Crippen LogP contribution in [0.4, 0.5) is 0 Å². The zero-order chi connectivity index (χ0) is 16.6. The standard InChI is InChI=1S/C19H15NO3/c1-12(21)20(13(2)22)18-15-10-6-7-11-16(15)19(23)17(18)14-8-4-3-5-9-14/h3-11H,1-2H3. The van der Waals surface area contributed by atoms with E-state index in [4.69, 9.17) is 0 Å². The maximum absolute atomic E-state index is 12.9. The highest BCUT2D eigenvalue weighted by atomic mass is 16.2. The van der Waals surface area contributed by atoms with Gasteiger partial charge in [-0.3, -0.25) is 14.4 Å². The molecular formula is C19H15NO3. The fourth-order valence-electron chi connectivity index (χ4n) is 2.91. The highest BCUT2D eigenvalue weighted by molar-refractivity contribution is 6.41. The first-order valence-electron chi connectivity index (χ1n) is 7.27. The van der Waals surface area contributed by atoms with Gasteiger partial charge in [0.05, 0.1) is 11.3 Å². The van der Waals surface area contributed by atoms with Gasteiger partial charge < -0.3 is 0 Å². The number of nitrogens with zero attached hydrogens (tertiary/aromatic N) is 1. The van der Waals surface area contributed by atoms with Crippen molar-refractivity contribution in [2.75, 3.05) is 0 Å². The number of ketones is 1. The van der Waals surface area contributed by atoms with Gasteiger partial charge in [-0.2, -0.15) is 0 Å². The van der Waals surface area contributed by atoms with E-state index >= 15 is 0 Å². The fraction of sp³-hybridized carbons (Fsp3) is 0.105. The number of hydrogen-bond acceptors (Lipinski definition) is 3. The van der Waals surface area contributed by atoms with Gasteiger partial charge in [0, 0.05) is 25.0 Å². The van der Waals surface area contributed by atoms with Gasteiger partial charge in [-0.15, -0.1) is 0 Å². The molecule has 0 saturated carbocycles. The average molecular weight is 305 g/mol. The minimum atomic E-state index is -0.412. The molecule has 2 aromatic rings. The van der Waals surface area contributed by atoms with Crippen molar-refractivity contribution in [2.24, 2.45) is 0 Å². The summed E-state index contributed by atoms with van der Waals surface area (Å²) in [6, 6.07) is 16.1. The Morgan fingerprint density at radius 3 is 1.87 bits per heavy atom. The molecule has 0 spiro atoms. The van der Waals surface area contributed by atoms with Gasteiger partial charge in [0.25, 0.3) is 0 Å². The van der Waals surface area contributed by atoms with Crippen LogP contribution in [-0.2, 0) is 9.59 Å². The summed E-state index contributed by atoms with van der Waals surface area (Å²) in [6.45, 7) is 2.64. The van der Waals surface area contributed by atoms with Crippen LogP contribution in [0.2, 0.25) is 0 Å². The number of Topliss-reactive ketones (excluding diaryl/α,β-unsaturated/α-hetero) is 1. The van der Waals surface area contributed by atoms with E-state index in [0.29, 0.717) is 28.0 Å². The summed E-state index contributed by atoms with van der Waals surface area (Å²) in [5.74, 6) is -0.995. The molecule has 1 aliphatic rings. The molecule has 0 N–H and O–H groups in total. The Hall–Kier alpha value is -3.01. The number of carbonyl (C=O) groups is 3. The van der Waals surface area contributed by atoms with Crippen LogP contribution in [0.1, 0.15) is 35.3 Å². The number of benzene rings is 2. The predicted molar refractivity (Wildman–Crippen MR) is 87.2 cm³/mol. The smallest absolute Gasteiger partial charge is 0.230 e. The molecule has 0 atom stereocenters. The molecule has 0 bridgehead atoms. The van der Waals surface area contributed by atoms with Gasteiger partial charge in [0.2, 0.25) is 11.8 Å². The zero-order valence-corrected chi connectivity index (χ0v) is 12.9. The van der Waals surface area contributed by atoms with Crippen LogP contribution in [0.15, 0.2) is 54.6 Å². The number of imide groups is 1. The van der Waals surface area contributed by atoms with Crippen LogP contribution < -0.4 is 0 Å². The van der Waals surface area contributed by atoms with E-state index in [0.717, 1.165) is 4.90 Å². The maximum atomic E-state index is 12.9. The number of carbonyl (C=O) groups excluding carboxylic acids is 3. The fourth-order valence-corrected chi connectivity index (χ4v) is 2.91. The Labute approximate surface area is 134 Å². The SMILES string of the molecule is CC(=O)N(C(C)=O)C1=C(c2ccccc2)C(=O)c2ccccc21. The quantitative estimate of drug-likeness (QED) is 0.856. The molecule has 4 nitrogen and oxygen atoms in total. The first-order valence-corrected chi connectivity index (χ1v) is 7.27. The summed E-state index contributed by atoms with van der Waals surface area (Å²) in [4.78, 5) is 38.0. The second kappa shape index (κ2) is 5.65. The van der Waals surface area contributed by atoms with Crippen LogP contribution in [-0.4, -0.2) is 22.5 Å². The third-order valence-electron chi connectivity index (χ3n) is 3.81. The monoisotopic (exact) mass is 305 g/mol. The highest BCUT2D eigenvalue weighted by Crippen LogP contribution is 2.40. The van der Waals surface area contributed by atoms with Gasteiger partial charge in [0.15, 0.2) is 5.78 Å². The third kappa shape index (κ3) is 2.38. The van der Waals surface area contributed by atoms with Crippen molar-refractivity contribution >= 4 is 28.9 Å². The number of fused-ring (bicyclic) bond motifs is 1. The number of amides is 2. The number of rotatable bonds is 2. The van der Waals surface area contributed by atoms with Gasteiger partial charge in [-0.1, -0.05) is 54.6 Å². The molecule has 3 rings (SSSR count). The summed E-state index contributed by atoms with van der Waals surface area (Å²) in [7, 11) is 0. The van der Waals surface area contributed by atoms with E-state index in [1.165, 1.54) is 13.8 Å². The molecule has 0 fully saturated rings. The molecule has 0 aromatic heterocycles. The van der Waals surface area contributed by atoms with E-state index < -0.39 is 11.8 Å². The van der Waals surface area contributed by atoms with Crippen molar-refractivity contribution in [3.05, 3.63) is 71.3 Å². The van der Waals surface area contributed by atoms with Crippen molar-refractivity contribution in [3.8, 4) is 0 Å². The minimum Gasteiger partial charge on any atom is -0.288 e. The third-order valence-corrected chi connectivity index (χ3v) is 3.81. The number of allylic oxidation sites excluding steroid dienone is 1. The van der Waals surface area contributed by atoms with Gasteiger partial charge >= 0.3 is 0 Å². The molecule has 4 heteroatoms. The molecule has 0 aliphatic heterocycles. The van der Waals surface area contributed by atoms with Crippen LogP contribution in [0, 0.1) is 0 Å². The molecule has 2 amide bonds. The van der Waals surface area contributed by atoms with Crippen molar-refractivity contribution < 1.29 is 14.4 Å². The van der Waals surface area contributed by atoms with Crippen LogP contribution >= 0.6 is 0 Å². The summed E-state index contributed by atoms with van der Waals surface area (Å²) >= 11 is 0. The Morgan fingerprint density at radius 1 is 0.783 bits per heavy atom. The Balaban J connectivity index is 2.34. The van der Waals surface area contributed by atoms with Crippen molar-refractivity contribution in [1.82, 2.24) is 4.90 Å². The predicted octanol–water partition coefficient (Wildman–Crippen LogP) is 3.15. The second-order valence-electron chi connectivity index (χ2n) is 5.34. The summed E-state index contributed by atoms with van der Waals surface area (Å²) in [5.41, 5.74) is 2.57. The van der Waals surface area contributed by atoms with E-state index in [1.54, 1.807) is 36.4 Å². The first-order chi connectivity index (χ1) is 11.0. The van der Waals surface area contributed by atoms with Gasteiger partial charge in [-0.25, -0.2) is 4.90 Å². The van der Waals surface area contributed by atoms with Crippen molar-refractivity contribution in [2.45, 2.75) is 13.8 Å². The summed E-state index contributed by atoms with van der Waals surface area (Å²) < 4.78 is 0. The summed E-state index contributed by atoms with van der Waals surface area (Å²) in [6.07, 6.45) is 0. The van der Waals surface area contributed by atoms with Gasteiger partial charge in [0.1, 0.15) is 0 Å². The van der Waals surface area contributed by atoms with E-state index in [-0.39, 0.29) is 5.78 Å². The van der Waals surface area contributed by atoms with Crippen LogP contribution in [0.5, 0.6) is 0 Å². The van der Waals surface area contributed by atoms with Crippen LogP contribution in [0.3, 0.4) is 0 Å². The average Bonchev–Trinajstić information content (AvgIpc) is 2.81. The molecule has 0 saturated heterocycles. The second-order valence-corrected chi connectivity index (χ2v) is 5.34. The van der Waals surface area contributed by atoms with E-state index in [2.05, 4.69) is 0 Å². The Bertz CT molecular complexity index is 836. The normalized spacial score (nSPS) is 13.0. The molecule has 1 aliphatic carbocycles. The topological polar surface area (TPSA) is 54.5 Å². The Kier molecular flexibility index (Phi) is 3.66. The molecule has 0 unspecified atom stereocenters. The zero-order valence-electron chi connectivity index (χ0n) is 12.9. The lowest BCUT2D eigenvalue weighted by Crippen LogP contribution is -2.31. The largest absolute Gasteiger partial charge is 0.288 e. The number of hydrogen-bond donors (Lipinski definition) is 0. The molecular weight excluding hydrogens is 290 g/mol. The van der Waals surface area contributed by atoms with Crippen molar-refractivity contribution in [3.63, 3.8) is 0 Å². The van der Waals surface area contributed by atoms with Gasteiger partial charge in [-0.05, 0) is 5.56 Å².